The first-order chi connectivity index (χ1) is 8.72. The van der Waals surface area contributed by atoms with E-state index in [2.05, 4.69) is 29.2 Å². The molecule has 18 heavy (non-hydrogen) atoms. The predicted molar refractivity (Wildman–Crippen MR) is 67.1 cm³/mol. The second-order valence-corrected chi connectivity index (χ2v) is 4.17. The van der Waals surface area contributed by atoms with Crippen LogP contribution in [0.3, 0.4) is 0 Å². The van der Waals surface area contributed by atoms with Gasteiger partial charge in [-0.2, -0.15) is 4.98 Å². The van der Waals surface area contributed by atoms with Crippen molar-refractivity contribution < 1.29 is 9.26 Å². The number of nitrogens with two attached hydrogens (primary N) is 1. The third-order valence-corrected chi connectivity index (χ3v) is 2.70. The number of hydrogen-bond acceptors (Lipinski definition) is 5. The molecule has 5 heteroatoms. The molecule has 2 N–H and O–H groups in total. The molecule has 1 atom stereocenters. The van der Waals surface area contributed by atoms with Gasteiger partial charge in [0, 0.05) is 20.1 Å². The Morgan fingerprint density at radius 3 is 2.94 bits per heavy atom. The van der Waals surface area contributed by atoms with Crippen molar-refractivity contribution in [1.29, 1.82) is 0 Å². The molecule has 0 bridgehead atoms. The summed E-state index contributed by atoms with van der Waals surface area (Å²) in [6.45, 7) is 2.38. The summed E-state index contributed by atoms with van der Waals surface area (Å²) < 4.78 is 10.3. The minimum atomic E-state index is -0.330. The zero-order valence-electron chi connectivity index (χ0n) is 10.6. The Kier molecular flexibility index (Phi) is 4.07. The molecular formula is C13H17N3O2. The highest BCUT2D eigenvalue weighted by Crippen LogP contribution is 2.14. The minimum Gasteiger partial charge on any atom is -0.370 e. The number of ether oxygens (including phenoxy) is 1. The van der Waals surface area contributed by atoms with Crippen molar-refractivity contribution >= 4 is 0 Å². The molecule has 1 unspecified atom stereocenters. The lowest BCUT2D eigenvalue weighted by Crippen LogP contribution is -2.14. The van der Waals surface area contributed by atoms with E-state index < -0.39 is 0 Å². The molecule has 0 radical (unpaired) electrons. The largest absolute Gasteiger partial charge is 0.370 e. The van der Waals surface area contributed by atoms with Gasteiger partial charge < -0.3 is 15.0 Å². The Morgan fingerprint density at radius 1 is 1.44 bits per heavy atom. The summed E-state index contributed by atoms with van der Waals surface area (Å²) in [5.41, 5.74) is 7.92. The molecular weight excluding hydrogens is 230 g/mol. The van der Waals surface area contributed by atoms with Crippen molar-refractivity contribution in [2.45, 2.75) is 19.4 Å². The molecule has 1 heterocycles. The smallest absolute Gasteiger partial charge is 0.257 e. The molecule has 0 amide bonds. The Hall–Kier alpha value is -1.72. The van der Waals surface area contributed by atoms with Crippen LogP contribution in [0.1, 0.15) is 28.9 Å². The van der Waals surface area contributed by atoms with Gasteiger partial charge in [0.15, 0.2) is 5.82 Å². The van der Waals surface area contributed by atoms with Crippen LogP contribution in [0.25, 0.3) is 0 Å². The molecule has 2 rings (SSSR count). The zero-order chi connectivity index (χ0) is 13.0. The normalized spacial score (nSPS) is 12.6. The fourth-order valence-corrected chi connectivity index (χ4v) is 1.77. The van der Waals surface area contributed by atoms with E-state index in [4.69, 9.17) is 15.0 Å². The van der Waals surface area contributed by atoms with Crippen molar-refractivity contribution in [1.82, 2.24) is 10.1 Å². The molecule has 0 aliphatic heterocycles. The van der Waals surface area contributed by atoms with Crippen molar-refractivity contribution in [2.75, 3.05) is 13.7 Å². The fourth-order valence-electron chi connectivity index (χ4n) is 1.77. The average molecular weight is 247 g/mol. The van der Waals surface area contributed by atoms with E-state index in [1.54, 1.807) is 7.11 Å². The van der Waals surface area contributed by atoms with Crippen molar-refractivity contribution in [2.24, 2.45) is 5.73 Å². The van der Waals surface area contributed by atoms with E-state index in [1.165, 1.54) is 5.56 Å². The fraction of sp³-hybridized carbons (Fsp3) is 0.385. The first-order valence-corrected chi connectivity index (χ1v) is 5.84. The van der Waals surface area contributed by atoms with E-state index >= 15 is 0 Å². The molecule has 0 aliphatic carbocycles. The van der Waals surface area contributed by atoms with Gasteiger partial charge in [-0.15, -0.1) is 0 Å². The van der Waals surface area contributed by atoms with Crippen molar-refractivity contribution in [3.63, 3.8) is 0 Å². The first-order valence-electron chi connectivity index (χ1n) is 5.84. The van der Waals surface area contributed by atoms with Crippen LogP contribution in [0.15, 0.2) is 28.8 Å². The van der Waals surface area contributed by atoms with Crippen LogP contribution in [-0.2, 0) is 11.2 Å². The lowest BCUT2D eigenvalue weighted by atomic mass is 10.1. The molecule has 0 spiro atoms. The Bertz CT molecular complexity index is 506. The number of hydrogen-bond donors (Lipinski definition) is 1. The number of nitrogens with zero attached hydrogens (tertiary/aromatic N) is 2. The van der Waals surface area contributed by atoms with Gasteiger partial charge in [-0.25, -0.2) is 0 Å². The van der Waals surface area contributed by atoms with Crippen molar-refractivity contribution in [3.8, 4) is 0 Å². The molecule has 1 aromatic carbocycles. The standard InChI is InChI=1S/C13H17N3O2/c1-9-4-3-5-10(6-9)7-12-15-13(18-16-12)11(8-14)17-2/h3-6,11H,7-8,14H2,1-2H3. The number of aromatic nitrogens is 2. The molecule has 5 nitrogen and oxygen atoms in total. The maximum absolute atomic E-state index is 5.54. The molecule has 0 aliphatic rings. The molecule has 0 fully saturated rings. The average Bonchev–Trinajstić information content (AvgIpc) is 2.79. The Balaban J connectivity index is 2.11. The van der Waals surface area contributed by atoms with Gasteiger partial charge in [-0.1, -0.05) is 35.0 Å². The van der Waals surface area contributed by atoms with Gasteiger partial charge in [0.2, 0.25) is 0 Å². The predicted octanol–water partition coefficient (Wildman–Crippen LogP) is 1.62. The van der Waals surface area contributed by atoms with Crippen LogP contribution in [0.4, 0.5) is 0 Å². The van der Waals surface area contributed by atoms with E-state index in [1.807, 2.05) is 12.1 Å². The third kappa shape index (κ3) is 2.94. The summed E-state index contributed by atoms with van der Waals surface area (Å²) in [5, 5.41) is 3.94. The number of methoxy groups -OCH3 is 1. The number of benzene rings is 1. The van der Waals surface area contributed by atoms with E-state index in [9.17, 15) is 0 Å². The summed E-state index contributed by atoms with van der Waals surface area (Å²) >= 11 is 0. The van der Waals surface area contributed by atoms with Gasteiger partial charge in [0.05, 0.1) is 0 Å². The van der Waals surface area contributed by atoms with E-state index in [-0.39, 0.29) is 6.10 Å². The minimum absolute atomic E-state index is 0.322. The summed E-state index contributed by atoms with van der Waals surface area (Å²) in [6, 6.07) is 8.22. The molecule has 0 saturated heterocycles. The number of aryl methyl sites for hydroxylation is 1. The second-order valence-electron chi connectivity index (χ2n) is 4.17. The lowest BCUT2D eigenvalue weighted by molar-refractivity contribution is 0.0804. The summed E-state index contributed by atoms with van der Waals surface area (Å²) in [4.78, 5) is 4.29. The highest BCUT2D eigenvalue weighted by molar-refractivity contribution is 5.24. The van der Waals surface area contributed by atoms with Gasteiger partial charge in [-0.3, -0.25) is 0 Å². The summed E-state index contributed by atoms with van der Waals surface area (Å²) in [5.74, 6) is 1.08. The number of rotatable bonds is 5. The van der Waals surface area contributed by atoms with Crippen molar-refractivity contribution in [3.05, 3.63) is 47.1 Å². The van der Waals surface area contributed by atoms with Gasteiger partial charge in [0.25, 0.3) is 5.89 Å². The summed E-state index contributed by atoms with van der Waals surface area (Å²) in [7, 11) is 1.57. The van der Waals surface area contributed by atoms with Crippen LogP contribution < -0.4 is 5.73 Å². The van der Waals surface area contributed by atoms with Gasteiger partial charge in [-0.05, 0) is 12.5 Å². The molecule has 0 saturated carbocycles. The highest BCUT2D eigenvalue weighted by atomic mass is 16.5. The van der Waals surface area contributed by atoms with Crippen LogP contribution >= 0.6 is 0 Å². The van der Waals surface area contributed by atoms with Crippen LogP contribution in [0.5, 0.6) is 0 Å². The molecule has 1 aromatic heterocycles. The Labute approximate surface area is 106 Å². The Morgan fingerprint density at radius 2 is 2.28 bits per heavy atom. The summed E-state index contributed by atoms with van der Waals surface area (Å²) in [6.07, 6.45) is 0.315. The molecule has 96 valence electrons. The third-order valence-electron chi connectivity index (χ3n) is 2.70. The van der Waals surface area contributed by atoms with Crippen LogP contribution in [0, 0.1) is 6.92 Å². The second kappa shape index (κ2) is 5.75. The zero-order valence-corrected chi connectivity index (χ0v) is 10.6. The highest BCUT2D eigenvalue weighted by Gasteiger charge is 2.16. The maximum atomic E-state index is 5.54. The molecule has 2 aromatic rings. The van der Waals surface area contributed by atoms with Crippen LogP contribution in [-0.4, -0.2) is 23.8 Å². The van der Waals surface area contributed by atoms with E-state index in [0.717, 1.165) is 5.56 Å². The van der Waals surface area contributed by atoms with E-state index in [0.29, 0.717) is 24.7 Å². The van der Waals surface area contributed by atoms with Crippen LogP contribution in [0.2, 0.25) is 0 Å². The quantitative estimate of drug-likeness (QED) is 0.869. The first kappa shape index (κ1) is 12.7. The maximum Gasteiger partial charge on any atom is 0.257 e. The van der Waals surface area contributed by atoms with Gasteiger partial charge in [0.1, 0.15) is 6.10 Å². The SMILES string of the molecule is COC(CN)c1nc(Cc2cccc(C)c2)no1. The monoisotopic (exact) mass is 247 g/mol. The van der Waals surface area contributed by atoms with Gasteiger partial charge >= 0.3 is 0 Å². The topological polar surface area (TPSA) is 74.2 Å². The lowest BCUT2D eigenvalue weighted by Gasteiger charge is -2.05.